The van der Waals surface area contributed by atoms with Gasteiger partial charge in [0.05, 0.1) is 0 Å². The lowest BCUT2D eigenvalue weighted by atomic mass is 10.8. The zero-order valence-corrected chi connectivity index (χ0v) is 6.27. The number of aromatic nitrogens is 1. The van der Waals surface area contributed by atoms with Crippen LogP contribution in [0, 0.1) is 16.6 Å². The minimum Gasteiger partial charge on any atom is -0.415 e. The molecule has 4 heteroatoms. The second kappa shape index (κ2) is 2.00. The molecule has 0 bridgehead atoms. The standard InChI is InChI=1S/C4H3FINO/c1-2-7-4(6)3(5)8-2/h1H3. The van der Waals surface area contributed by atoms with Crippen molar-refractivity contribution in [2.75, 3.05) is 0 Å². The number of hydrogen-bond donors (Lipinski definition) is 0. The summed E-state index contributed by atoms with van der Waals surface area (Å²) in [4.78, 5) is 3.66. The van der Waals surface area contributed by atoms with E-state index in [1.165, 1.54) is 0 Å². The molecule has 0 amide bonds. The van der Waals surface area contributed by atoms with Crippen LogP contribution in [0.2, 0.25) is 0 Å². The third-order valence-electron chi connectivity index (χ3n) is 0.655. The summed E-state index contributed by atoms with van der Waals surface area (Å²) in [7, 11) is 0. The van der Waals surface area contributed by atoms with E-state index in [0.717, 1.165) is 0 Å². The topological polar surface area (TPSA) is 26.0 Å². The minimum absolute atomic E-state index is 0.292. The molecular weight excluding hydrogens is 224 g/mol. The fraction of sp³-hybridized carbons (Fsp3) is 0.250. The molecular formula is C4H3FINO. The first-order chi connectivity index (χ1) is 3.70. The fourth-order valence-electron chi connectivity index (χ4n) is 0.377. The van der Waals surface area contributed by atoms with E-state index in [-0.39, 0.29) is 0 Å². The summed E-state index contributed by atoms with van der Waals surface area (Å²) in [5.74, 6) is 0.368. The molecule has 0 aliphatic carbocycles. The van der Waals surface area contributed by atoms with Gasteiger partial charge in [-0.3, -0.25) is 0 Å². The Balaban J connectivity index is 3.14. The summed E-state index contributed by atoms with van der Waals surface area (Å²) >= 11 is 1.77. The highest BCUT2D eigenvalue weighted by Crippen LogP contribution is 2.09. The highest BCUT2D eigenvalue weighted by molar-refractivity contribution is 14.1. The number of aryl methyl sites for hydroxylation is 1. The van der Waals surface area contributed by atoms with Crippen LogP contribution in [0.1, 0.15) is 5.89 Å². The summed E-state index contributed by atoms with van der Waals surface area (Å²) in [5.41, 5.74) is 0. The van der Waals surface area contributed by atoms with Crippen LogP contribution in [0.25, 0.3) is 0 Å². The number of nitrogens with zero attached hydrogens (tertiary/aromatic N) is 1. The highest BCUT2D eigenvalue weighted by Gasteiger charge is 2.03. The van der Waals surface area contributed by atoms with Crippen molar-refractivity contribution in [3.8, 4) is 0 Å². The van der Waals surface area contributed by atoms with E-state index >= 15 is 0 Å². The van der Waals surface area contributed by atoms with E-state index < -0.39 is 6.01 Å². The van der Waals surface area contributed by atoms with Crippen LogP contribution in [-0.2, 0) is 0 Å². The van der Waals surface area contributed by atoms with Gasteiger partial charge >= 0.3 is 6.01 Å². The quantitative estimate of drug-likeness (QED) is 0.630. The molecule has 0 spiro atoms. The number of halogens is 2. The molecule has 0 aromatic carbocycles. The number of oxazole rings is 1. The smallest absolute Gasteiger partial charge is 0.311 e. The summed E-state index contributed by atoms with van der Waals surface area (Å²) in [5, 5.41) is 0. The van der Waals surface area contributed by atoms with Gasteiger partial charge < -0.3 is 4.42 Å². The van der Waals surface area contributed by atoms with Gasteiger partial charge in [0.2, 0.25) is 0 Å². The molecule has 0 aliphatic rings. The number of hydrogen-bond acceptors (Lipinski definition) is 2. The van der Waals surface area contributed by atoms with Crippen LogP contribution in [0.3, 0.4) is 0 Å². The first-order valence-electron chi connectivity index (χ1n) is 1.98. The van der Waals surface area contributed by atoms with Crippen molar-refractivity contribution in [3.63, 3.8) is 0 Å². The molecule has 1 aromatic heterocycles. The molecule has 0 saturated carbocycles. The average Bonchev–Trinajstić information content (AvgIpc) is 1.85. The molecule has 0 N–H and O–H groups in total. The van der Waals surface area contributed by atoms with E-state index in [9.17, 15) is 4.39 Å². The van der Waals surface area contributed by atoms with Crippen LogP contribution in [-0.4, -0.2) is 4.98 Å². The Morgan fingerprint density at radius 1 is 1.75 bits per heavy atom. The van der Waals surface area contributed by atoms with Gasteiger partial charge in [-0.1, -0.05) is 0 Å². The third kappa shape index (κ3) is 0.988. The molecule has 2 nitrogen and oxygen atoms in total. The van der Waals surface area contributed by atoms with Crippen molar-refractivity contribution in [1.29, 1.82) is 0 Å². The van der Waals surface area contributed by atoms with Crippen molar-refractivity contribution in [1.82, 2.24) is 4.98 Å². The molecule has 44 valence electrons. The Morgan fingerprint density at radius 3 is 2.50 bits per heavy atom. The Labute approximate surface area is 59.2 Å². The van der Waals surface area contributed by atoms with Crippen molar-refractivity contribution >= 4 is 22.6 Å². The van der Waals surface area contributed by atoms with Crippen molar-refractivity contribution < 1.29 is 8.81 Å². The van der Waals surface area contributed by atoms with Gasteiger partial charge in [0, 0.05) is 6.92 Å². The van der Waals surface area contributed by atoms with Gasteiger partial charge in [-0.15, -0.1) is 0 Å². The van der Waals surface area contributed by atoms with Crippen molar-refractivity contribution in [3.05, 3.63) is 15.6 Å². The van der Waals surface area contributed by atoms with E-state index in [0.29, 0.717) is 9.59 Å². The SMILES string of the molecule is Cc1nc(I)c(F)o1. The Kier molecular flexibility index (Phi) is 1.50. The zero-order valence-electron chi connectivity index (χ0n) is 4.11. The molecule has 8 heavy (non-hydrogen) atoms. The molecule has 0 aliphatic heterocycles. The van der Waals surface area contributed by atoms with Crippen molar-refractivity contribution in [2.24, 2.45) is 0 Å². The Hall–Kier alpha value is -0.130. The van der Waals surface area contributed by atoms with E-state index in [1.807, 2.05) is 0 Å². The summed E-state index contributed by atoms with van der Waals surface area (Å²) in [6, 6.07) is -0.594. The van der Waals surface area contributed by atoms with E-state index in [4.69, 9.17) is 0 Å². The molecule has 0 radical (unpaired) electrons. The lowest BCUT2D eigenvalue weighted by molar-refractivity contribution is 0.340. The molecule has 1 rings (SSSR count). The Bertz CT molecular complexity index is 178. The molecule has 0 atom stereocenters. The van der Waals surface area contributed by atoms with Crippen LogP contribution in [0.4, 0.5) is 4.39 Å². The lowest BCUT2D eigenvalue weighted by Gasteiger charge is -1.70. The van der Waals surface area contributed by atoms with Crippen LogP contribution in [0.15, 0.2) is 4.42 Å². The lowest BCUT2D eigenvalue weighted by Crippen LogP contribution is -1.70. The molecule has 1 heterocycles. The Morgan fingerprint density at radius 2 is 2.38 bits per heavy atom. The normalized spacial score (nSPS) is 9.88. The van der Waals surface area contributed by atoms with Crippen molar-refractivity contribution in [2.45, 2.75) is 6.92 Å². The van der Waals surface area contributed by atoms with E-state index in [2.05, 4.69) is 9.40 Å². The van der Waals surface area contributed by atoms with Gasteiger partial charge in [-0.05, 0) is 22.6 Å². The van der Waals surface area contributed by atoms with Gasteiger partial charge in [-0.25, -0.2) is 4.98 Å². The first kappa shape index (κ1) is 6.00. The summed E-state index contributed by atoms with van der Waals surface area (Å²) in [6.45, 7) is 1.60. The first-order valence-corrected chi connectivity index (χ1v) is 3.06. The largest absolute Gasteiger partial charge is 0.415 e. The van der Waals surface area contributed by atoms with E-state index in [1.54, 1.807) is 29.5 Å². The maximum atomic E-state index is 12.1. The van der Waals surface area contributed by atoms with Gasteiger partial charge in [0.25, 0.3) is 0 Å². The number of rotatable bonds is 0. The predicted molar refractivity (Wildman–Crippen MR) is 33.9 cm³/mol. The second-order valence-corrected chi connectivity index (χ2v) is 2.32. The predicted octanol–water partition coefficient (Wildman–Crippen LogP) is 1.73. The monoisotopic (exact) mass is 227 g/mol. The fourth-order valence-corrected chi connectivity index (χ4v) is 0.827. The highest BCUT2D eigenvalue weighted by atomic mass is 127. The summed E-state index contributed by atoms with van der Waals surface area (Å²) in [6.07, 6.45) is 0. The van der Waals surface area contributed by atoms with Crippen LogP contribution < -0.4 is 0 Å². The molecule has 0 unspecified atom stereocenters. The third-order valence-corrected chi connectivity index (χ3v) is 1.32. The maximum absolute atomic E-state index is 12.1. The van der Waals surface area contributed by atoms with Crippen LogP contribution >= 0.6 is 22.6 Å². The second-order valence-electron chi connectivity index (χ2n) is 1.30. The van der Waals surface area contributed by atoms with Crippen LogP contribution in [0.5, 0.6) is 0 Å². The van der Waals surface area contributed by atoms with Gasteiger partial charge in [0.1, 0.15) is 0 Å². The zero-order chi connectivity index (χ0) is 6.15. The molecule has 0 saturated heterocycles. The maximum Gasteiger partial charge on any atom is 0.311 e. The molecule has 0 fully saturated rings. The molecule has 1 aromatic rings. The average molecular weight is 227 g/mol. The minimum atomic E-state index is -0.594. The van der Waals surface area contributed by atoms with Gasteiger partial charge in [-0.2, -0.15) is 4.39 Å². The summed E-state index contributed by atoms with van der Waals surface area (Å²) < 4.78 is 16.8. The van der Waals surface area contributed by atoms with Gasteiger partial charge in [0.15, 0.2) is 9.59 Å².